The average molecular weight is 409 g/mol. The predicted molar refractivity (Wildman–Crippen MR) is 127 cm³/mol. The Morgan fingerprint density at radius 3 is 2.27 bits per heavy atom. The van der Waals surface area contributed by atoms with Crippen LogP contribution < -0.4 is 21.3 Å². The largest absolute Gasteiger partial charge is 0.383 e. The SMILES string of the molecule is C=C(NCCNC(=C)c1cccc(C(=O)NCCNC)c1C)C1=CCCC(C)=C1C. The van der Waals surface area contributed by atoms with Crippen LogP contribution in [-0.2, 0) is 0 Å². The summed E-state index contributed by atoms with van der Waals surface area (Å²) in [6, 6.07) is 5.74. The number of rotatable bonds is 11. The maximum Gasteiger partial charge on any atom is 0.251 e. The first-order valence-corrected chi connectivity index (χ1v) is 10.6. The third-order valence-electron chi connectivity index (χ3n) is 5.60. The minimum Gasteiger partial charge on any atom is -0.383 e. The lowest BCUT2D eigenvalue weighted by Crippen LogP contribution is -2.31. The van der Waals surface area contributed by atoms with Gasteiger partial charge in [-0.3, -0.25) is 4.79 Å². The number of hydrogen-bond donors (Lipinski definition) is 4. The van der Waals surface area contributed by atoms with Gasteiger partial charge in [0.15, 0.2) is 0 Å². The second kappa shape index (κ2) is 11.4. The van der Waals surface area contributed by atoms with Gasteiger partial charge in [0, 0.05) is 48.7 Å². The molecule has 1 aromatic carbocycles. The second-order valence-corrected chi connectivity index (χ2v) is 7.71. The minimum absolute atomic E-state index is 0.0603. The Morgan fingerprint density at radius 1 is 0.933 bits per heavy atom. The van der Waals surface area contributed by atoms with E-state index in [0.717, 1.165) is 48.5 Å². The molecule has 162 valence electrons. The summed E-state index contributed by atoms with van der Waals surface area (Å²) in [7, 11) is 1.86. The van der Waals surface area contributed by atoms with Crippen molar-refractivity contribution < 1.29 is 4.79 Å². The van der Waals surface area contributed by atoms with Crippen LogP contribution >= 0.6 is 0 Å². The topological polar surface area (TPSA) is 65.2 Å². The molecule has 1 aliphatic carbocycles. The van der Waals surface area contributed by atoms with Crippen molar-refractivity contribution in [2.75, 3.05) is 33.2 Å². The molecule has 1 amide bonds. The van der Waals surface area contributed by atoms with Gasteiger partial charge < -0.3 is 21.3 Å². The van der Waals surface area contributed by atoms with Gasteiger partial charge >= 0.3 is 0 Å². The van der Waals surface area contributed by atoms with Gasteiger partial charge in [0.25, 0.3) is 5.91 Å². The van der Waals surface area contributed by atoms with Crippen LogP contribution in [-0.4, -0.2) is 39.1 Å². The first-order valence-electron chi connectivity index (χ1n) is 10.6. The normalized spacial score (nSPS) is 13.5. The molecule has 0 heterocycles. The third-order valence-corrected chi connectivity index (χ3v) is 5.60. The van der Waals surface area contributed by atoms with Crippen molar-refractivity contribution in [1.82, 2.24) is 21.3 Å². The lowest BCUT2D eigenvalue weighted by atomic mass is 9.91. The van der Waals surface area contributed by atoms with E-state index in [9.17, 15) is 4.79 Å². The van der Waals surface area contributed by atoms with Crippen LogP contribution in [0.25, 0.3) is 5.70 Å². The van der Waals surface area contributed by atoms with Crippen molar-refractivity contribution in [1.29, 1.82) is 0 Å². The van der Waals surface area contributed by atoms with E-state index in [1.54, 1.807) is 0 Å². The molecule has 0 saturated carbocycles. The summed E-state index contributed by atoms with van der Waals surface area (Å²) in [5.74, 6) is -0.0603. The Morgan fingerprint density at radius 2 is 1.57 bits per heavy atom. The lowest BCUT2D eigenvalue weighted by molar-refractivity contribution is 0.0953. The number of amides is 1. The zero-order valence-corrected chi connectivity index (χ0v) is 18.9. The molecule has 0 saturated heterocycles. The van der Waals surface area contributed by atoms with E-state index < -0.39 is 0 Å². The molecule has 0 fully saturated rings. The summed E-state index contributed by atoms with van der Waals surface area (Å²) >= 11 is 0. The average Bonchev–Trinajstić information content (AvgIpc) is 2.73. The number of carbonyl (C=O) groups excluding carboxylic acids is 1. The molecule has 0 unspecified atom stereocenters. The highest BCUT2D eigenvalue weighted by atomic mass is 16.1. The molecular weight excluding hydrogens is 372 g/mol. The van der Waals surface area contributed by atoms with Crippen LogP contribution in [0.2, 0.25) is 0 Å². The first kappa shape index (κ1) is 23.5. The van der Waals surface area contributed by atoms with Crippen LogP contribution in [0.15, 0.2) is 59.8 Å². The summed E-state index contributed by atoms with van der Waals surface area (Å²) < 4.78 is 0. The van der Waals surface area contributed by atoms with Gasteiger partial charge in [0.2, 0.25) is 0 Å². The van der Waals surface area contributed by atoms with Crippen LogP contribution in [0.5, 0.6) is 0 Å². The van der Waals surface area contributed by atoms with E-state index >= 15 is 0 Å². The van der Waals surface area contributed by atoms with E-state index in [1.165, 1.54) is 16.7 Å². The van der Waals surface area contributed by atoms with Gasteiger partial charge in [-0.25, -0.2) is 0 Å². The smallest absolute Gasteiger partial charge is 0.251 e. The summed E-state index contributed by atoms with van der Waals surface area (Å²) in [4.78, 5) is 12.4. The number of benzene rings is 1. The highest BCUT2D eigenvalue weighted by molar-refractivity contribution is 5.96. The molecular formula is C25H36N4O. The van der Waals surface area contributed by atoms with E-state index in [1.807, 2.05) is 32.2 Å². The third kappa shape index (κ3) is 6.10. The molecule has 1 aromatic rings. The van der Waals surface area contributed by atoms with Crippen molar-refractivity contribution in [2.24, 2.45) is 0 Å². The Balaban J connectivity index is 1.88. The lowest BCUT2D eigenvalue weighted by Gasteiger charge is -2.20. The van der Waals surface area contributed by atoms with E-state index in [4.69, 9.17) is 0 Å². The van der Waals surface area contributed by atoms with Gasteiger partial charge in [-0.05, 0) is 63.4 Å². The molecule has 0 spiro atoms. The molecule has 2 rings (SSSR count). The monoisotopic (exact) mass is 408 g/mol. The van der Waals surface area contributed by atoms with Crippen LogP contribution in [0.1, 0.15) is 48.2 Å². The quantitative estimate of drug-likeness (QED) is 0.422. The number of carbonyl (C=O) groups is 1. The first-order chi connectivity index (χ1) is 14.4. The number of likely N-dealkylation sites (N-methyl/N-ethyl adjacent to an activating group) is 1. The van der Waals surface area contributed by atoms with Crippen LogP contribution in [0, 0.1) is 6.92 Å². The summed E-state index contributed by atoms with van der Waals surface area (Å²) in [6.07, 6.45) is 4.48. The second-order valence-electron chi connectivity index (χ2n) is 7.71. The Labute approximate surface area is 181 Å². The zero-order chi connectivity index (χ0) is 22.1. The number of hydrogen-bond acceptors (Lipinski definition) is 4. The van der Waals surface area contributed by atoms with E-state index in [0.29, 0.717) is 18.7 Å². The highest BCUT2D eigenvalue weighted by Gasteiger charge is 2.14. The minimum atomic E-state index is -0.0603. The Bertz CT molecular complexity index is 864. The van der Waals surface area contributed by atoms with Crippen LogP contribution in [0.4, 0.5) is 0 Å². The van der Waals surface area contributed by atoms with Gasteiger partial charge in [-0.1, -0.05) is 36.9 Å². The Hall–Kier alpha value is -2.79. The molecule has 0 radical (unpaired) electrons. The van der Waals surface area contributed by atoms with E-state index in [2.05, 4.69) is 54.3 Å². The molecule has 1 aliphatic rings. The zero-order valence-electron chi connectivity index (χ0n) is 18.9. The molecule has 5 nitrogen and oxygen atoms in total. The van der Waals surface area contributed by atoms with Crippen molar-refractivity contribution in [3.63, 3.8) is 0 Å². The standard InChI is InChI=1S/C25H36N4O/c1-17-9-7-10-22(18(17)2)20(4)27-15-16-28-21(5)23-11-8-12-24(19(23)3)25(30)29-14-13-26-6/h8,10-12,26-28H,4-5,7,9,13-16H2,1-3,6H3,(H,29,30). The fraction of sp³-hybridized carbons (Fsp3) is 0.400. The molecule has 0 aliphatic heterocycles. The van der Waals surface area contributed by atoms with Crippen molar-refractivity contribution >= 4 is 11.6 Å². The summed E-state index contributed by atoms with van der Waals surface area (Å²) in [6.45, 7) is 17.5. The fourth-order valence-corrected chi connectivity index (χ4v) is 3.58. The van der Waals surface area contributed by atoms with Crippen molar-refractivity contribution in [2.45, 2.75) is 33.6 Å². The Kier molecular flexibility index (Phi) is 8.93. The molecule has 4 N–H and O–H groups in total. The molecule has 0 atom stereocenters. The van der Waals surface area contributed by atoms with Gasteiger partial charge in [-0.2, -0.15) is 0 Å². The maximum atomic E-state index is 12.4. The summed E-state index contributed by atoms with van der Waals surface area (Å²) in [5, 5.41) is 12.7. The van der Waals surface area contributed by atoms with Gasteiger partial charge in [-0.15, -0.1) is 0 Å². The van der Waals surface area contributed by atoms with Gasteiger partial charge in [0.1, 0.15) is 0 Å². The highest BCUT2D eigenvalue weighted by Crippen LogP contribution is 2.27. The van der Waals surface area contributed by atoms with Crippen molar-refractivity contribution in [3.8, 4) is 0 Å². The summed E-state index contributed by atoms with van der Waals surface area (Å²) in [5.41, 5.74) is 8.34. The van der Waals surface area contributed by atoms with Crippen molar-refractivity contribution in [3.05, 3.63) is 76.5 Å². The molecule has 5 heteroatoms. The fourth-order valence-electron chi connectivity index (χ4n) is 3.58. The van der Waals surface area contributed by atoms with Gasteiger partial charge in [0.05, 0.1) is 0 Å². The number of nitrogens with one attached hydrogen (secondary N) is 4. The molecule has 30 heavy (non-hydrogen) atoms. The molecule has 0 bridgehead atoms. The molecule has 0 aromatic heterocycles. The van der Waals surface area contributed by atoms with Crippen LogP contribution in [0.3, 0.4) is 0 Å². The maximum absolute atomic E-state index is 12.4. The number of allylic oxidation sites excluding steroid dienone is 3. The van der Waals surface area contributed by atoms with E-state index in [-0.39, 0.29) is 5.91 Å². The predicted octanol–water partition coefficient (Wildman–Crippen LogP) is 3.66.